The minimum atomic E-state index is -1.02. The Labute approximate surface area is 184 Å². The molecule has 0 fully saturated rings. The van der Waals surface area contributed by atoms with Gasteiger partial charge in [0, 0.05) is 24.1 Å². The van der Waals surface area contributed by atoms with Crippen molar-refractivity contribution < 1.29 is 23.1 Å². The quantitative estimate of drug-likeness (QED) is 0.688. The average Bonchev–Trinajstić information content (AvgIpc) is 3.13. The number of nitrogens with one attached hydrogen (secondary N) is 2. The summed E-state index contributed by atoms with van der Waals surface area (Å²) in [6.45, 7) is 6.14. The second-order valence-corrected chi connectivity index (χ2v) is 8.56. The number of aromatic nitrogens is 2. The van der Waals surface area contributed by atoms with Crippen molar-refractivity contribution in [2.45, 2.75) is 46.3 Å². The molecule has 1 atom stereocenters. The van der Waals surface area contributed by atoms with Gasteiger partial charge in [0.2, 0.25) is 5.91 Å². The van der Waals surface area contributed by atoms with Crippen LogP contribution in [0.4, 0.5) is 13.6 Å². The summed E-state index contributed by atoms with van der Waals surface area (Å²) in [5.41, 5.74) is 1.22. The Morgan fingerprint density at radius 3 is 2.72 bits per heavy atom. The van der Waals surface area contributed by atoms with Gasteiger partial charge in [0.1, 0.15) is 6.04 Å². The van der Waals surface area contributed by atoms with Crippen LogP contribution in [0.5, 0.6) is 0 Å². The first-order valence-corrected chi connectivity index (χ1v) is 10.2. The molecule has 1 aliphatic heterocycles. The minimum Gasteiger partial charge on any atom is -0.376 e. The summed E-state index contributed by atoms with van der Waals surface area (Å²) in [7, 11) is 0. The smallest absolute Gasteiger partial charge is 0.343 e. The molecule has 170 valence electrons. The third-order valence-corrected chi connectivity index (χ3v) is 5.14. The van der Waals surface area contributed by atoms with E-state index in [9.17, 15) is 18.4 Å². The molecule has 2 aromatic rings. The largest absolute Gasteiger partial charge is 0.376 e. The van der Waals surface area contributed by atoms with Crippen molar-refractivity contribution in [3.05, 3.63) is 41.1 Å². The minimum absolute atomic E-state index is 0.154. The predicted molar refractivity (Wildman–Crippen MR) is 111 cm³/mol. The van der Waals surface area contributed by atoms with Crippen LogP contribution in [-0.4, -0.2) is 40.9 Å². The second kappa shape index (κ2) is 9.44. The van der Waals surface area contributed by atoms with Gasteiger partial charge in [0.15, 0.2) is 11.6 Å². The highest BCUT2D eigenvalue weighted by molar-refractivity contribution is 5.89. The summed E-state index contributed by atoms with van der Waals surface area (Å²) in [6.07, 6.45) is 0.550. The molecular weight excluding hydrogens is 420 g/mol. The molecule has 8 nitrogen and oxygen atoms in total. The molecule has 32 heavy (non-hydrogen) atoms. The van der Waals surface area contributed by atoms with E-state index in [0.29, 0.717) is 35.5 Å². The first kappa shape index (κ1) is 23.3. The summed E-state index contributed by atoms with van der Waals surface area (Å²) >= 11 is 0. The lowest BCUT2D eigenvalue weighted by Crippen LogP contribution is -2.54. The molecule has 3 rings (SSSR count). The van der Waals surface area contributed by atoms with Crippen LogP contribution in [0, 0.1) is 28.4 Å². The Hall–Kier alpha value is -3.32. The Kier molecular flexibility index (Phi) is 6.89. The van der Waals surface area contributed by atoms with Gasteiger partial charge >= 0.3 is 6.03 Å². The highest BCUT2D eigenvalue weighted by Crippen LogP contribution is 2.30. The van der Waals surface area contributed by atoms with Crippen molar-refractivity contribution in [2.24, 2.45) is 5.41 Å². The number of carbonyl (C=O) groups excluding carboxylic acids is 2. The molecule has 1 aromatic carbocycles. The Morgan fingerprint density at radius 1 is 1.31 bits per heavy atom. The van der Waals surface area contributed by atoms with E-state index in [1.807, 2.05) is 6.07 Å². The van der Waals surface area contributed by atoms with Crippen LogP contribution in [0.15, 0.2) is 18.2 Å². The number of benzene rings is 1. The average molecular weight is 445 g/mol. The number of hydrogen-bond donors (Lipinski definition) is 2. The number of rotatable bonds is 5. The number of fused-ring (bicyclic) bond motifs is 1. The van der Waals surface area contributed by atoms with Gasteiger partial charge in [-0.25, -0.2) is 13.6 Å². The van der Waals surface area contributed by atoms with Crippen LogP contribution in [0.1, 0.15) is 38.4 Å². The van der Waals surface area contributed by atoms with Crippen LogP contribution in [-0.2, 0) is 22.6 Å². The number of carbonyl (C=O) groups is 2. The molecule has 2 amide bonds. The number of nitrogens with zero attached hydrogens (tertiary/aromatic N) is 3. The lowest BCUT2D eigenvalue weighted by atomic mass is 9.86. The van der Waals surface area contributed by atoms with Gasteiger partial charge in [0.05, 0.1) is 37.1 Å². The molecule has 0 saturated carbocycles. The maximum atomic E-state index is 13.8. The molecule has 2 heterocycles. The van der Waals surface area contributed by atoms with Crippen molar-refractivity contribution in [3.63, 3.8) is 0 Å². The van der Waals surface area contributed by atoms with Gasteiger partial charge in [0.25, 0.3) is 0 Å². The molecule has 0 aliphatic carbocycles. The van der Waals surface area contributed by atoms with Gasteiger partial charge in [-0.1, -0.05) is 20.8 Å². The van der Waals surface area contributed by atoms with E-state index in [0.717, 1.165) is 16.8 Å². The normalized spacial score (nSPS) is 14.2. The Morgan fingerprint density at radius 2 is 2.06 bits per heavy atom. The van der Waals surface area contributed by atoms with E-state index < -0.39 is 35.0 Å². The highest BCUT2D eigenvalue weighted by atomic mass is 19.2. The summed E-state index contributed by atoms with van der Waals surface area (Å²) in [5, 5.41) is 18.4. The first-order chi connectivity index (χ1) is 15.1. The molecule has 0 bridgehead atoms. The van der Waals surface area contributed by atoms with Gasteiger partial charge in [-0.2, -0.15) is 15.0 Å². The van der Waals surface area contributed by atoms with Gasteiger partial charge in [-0.05, 0) is 23.6 Å². The zero-order valence-corrected chi connectivity index (χ0v) is 18.2. The van der Waals surface area contributed by atoms with Crippen molar-refractivity contribution in [2.75, 3.05) is 13.2 Å². The fourth-order valence-electron chi connectivity index (χ4n) is 3.48. The number of hydrogen-bond acceptors (Lipinski definition) is 5. The van der Waals surface area contributed by atoms with Gasteiger partial charge < -0.3 is 15.4 Å². The molecule has 1 aliphatic rings. The summed E-state index contributed by atoms with van der Waals surface area (Å²) in [5.74, 6) is -2.41. The molecular formula is C22H25F2N5O3. The zero-order chi connectivity index (χ0) is 23.5. The van der Waals surface area contributed by atoms with Crippen molar-refractivity contribution in [3.8, 4) is 17.3 Å². The monoisotopic (exact) mass is 445 g/mol. The molecule has 0 saturated heterocycles. The van der Waals surface area contributed by atoms with E-state index in [4.69, 9.17) is 10.00 Å². The van der Waals surface area contributed by atoms with Crippen molar-refractivity contribution >= 4 is 11.9 Å². The molecule has 10 heteroatoms. The maximum Gasteiger partial charge on any atom is 0.343 e. The van der Waals surface area contributed by atoms with Crippen LogP contribution >= 0.6 is 0 Å². The Bertz CT molecular complexity index is 1070. The van der Waals surface area contributed by atoms with E-state index in [2.05, 4.69) is 15.7 Å². The predicted octanol–water partition coefficient (Wildman–Crippen LogP) is 2.90. The van der Waals surface area contributed by atoms with E-state index in [1.165, 1.54) is 6.07 Å². The Balaban J connectivity index is 1.93. The molecule has 0 spiro atoms. The van der Waals surface area contributed by atoms with Gasteiger partial charge in [-0.3, -0.25) is 4.79 Å². The lowest BCUT2D eigenvalue weighted by Gasteiger charge is -2.30. The van der Waals surface area contributed by atoms with Crippen molar-refractivity contribution in [1.29, 1.82) is 5.26 Å². The van der Waals surface area contributed by atoms with E-state index in [-0.39, 0.29) is 19.6 Å². The lowest BCUT2D eigenvalue weighted by molar-refractivity contribution is -0.125. The van der Waals surface area contributed by atoms with E-state index in [1.54, 1.807) is 20.8 Å². The van der Waals surface area contributed by atoms with Crippen LogP contribution in [0.25, 0.3) is 11.3 Å². The number of amides is 2. The molecule has 2 N–H and O–H groups in total. The van der Waals surface area contributed by atoms with Crippen LogP contribution < -0.4 is 10.6 Å². The summed E-state index contributed by atoms with van der Waals surface area (Å²) in [6, 6.07) is 3.85. The van der Waals surface area contributed by atoms with Crippen LogP contribution in [0.3, 0.4) is 0 Å². The standard InChI is InChI=1S/C22H25F2N5O3/c1-22(2,3)19(20(30)26-9-4-8-25)27-21(31)29-17-7-10-32-12-14(17)18(28-29)13-5-6-15(23)16(24)11-13/h5-6,11,19H,4,7,9-10,12H2,1-3H3,(H,26,30)(H,27,31). The SMILES string of the molecule is CC(C)(C)C(NC(=O)n1nc(-c2ccc(F)c(F)c2)c2c1CCOC2)C(=O)NCCC#N. The molecule has 0 radical (unpaired) electrons. The zero-order valence-electron chi connectivity index (χ0n) is 18.2. The van der Waals surface area contributed by atoms with Crippen LogP contribution in [0.2, 0.25) is 0 Å². The van der Waals surface area contributed by atoms with Gasteiger partial charge in [-0.15, -0.1) is 0 Å². The second-order valence-electron chi connectivity index (χ2n) is 8.56. The fraction of sp³-hybridized carbons (Fsp3) is 0.455. The third-order valence-electron chi connectivity index (χ3n) is 5.14. The topological polar surface area (TPSA) is 109 Å². The number of nitriles is 1. The summed E-state index contributed by atoms with van der Waals surface area (Å²) < 4.78 is 33.8. The van der Waals surface area contributed by atoms with Crippen molar-refractivity contribution in [1.82, 2.24) is 20.4 Å². The summed E-state index contributed by atoms with van der Waals surface area (Å²) in [4.78, 5) is 25.8. The number of halogens is 2. The maximum absolute atomic E-state index is 13.8. The molecule has 1 unspecified atom stereocenters. The molecule has 1 aromatic heterocycles. The first-order valence-electron chi connectivity index (χ1n) is 10.2. The third kappa shape index (κ3) is 4.94. The number of ether oxygens (including phenoxy) is 1. The van der Waals surface area contributed by atoms with E-state index >= 15 is 0 Å². The fourth-order valence-corrected chi connectivity index (χ4v) is 3.48. The highest BCUT2D eigenvalue weighted by Gasteiger charge is 2.34.